The molecule has 25 heavy (non-hydrogen) atoms. The van der Waals surface area contributed by atoms with Crippen molar-refractivity contribution in [1.29, 1.82) is 0 Å². The lowest BCUT2D eigenvalue weighted by atomic mass is 9.97. The van der Waals surface area contributed by atoms with Crippen LogP contribution < -0.4 is 14.8 Å². The number of ether oxygens (including phenoxy) is 2. The summed E-state index contributed by atoms with van der Waals surface area (Å²) in [5, 5.41) is 3.04. The number of carbonyl (C=O) groups excluding carboxylic acids is 1. The quantitative estimate of drug-likeness (QED) is 0.913. The number of hydrogen-bond acceptors (Lipinski definition) is 3. The van der Waals surface area contributed by atoms with E-state index in [9.17, 15) is 4.79 Å². The van der Waals surface area contributed by atoms with Gasteiger partial charge in [0.1, 0.15) is 11.5 Å². The third kappa shape index (κ3) is 3.34. The Hall–Kier alpha value is -2.49. The molecule has 0 bridgehead atoms. The molecule has 0 aromatic heterocycles. The van der Waals surface area contributed by atoms with Gasteiger partial charge in [-0.15, -0.1) is 0 Å². The van der Waals surface area contributed by atoms with Gasteiger partial charge in [-0.1, -0.05) is 29.8 Å². The number of amides is 1. The van der Waals surface area contributed by atoms with E-state index >= 15 is 0 Å². The highest BCUT2D eigenvalue weighted by Crippen LogP contribution is 2.40. The molecule has 0 aliphatic carbocycles. The molecule has 0 atom stereocenters. The predicted molar refractivity (Wildman–Crippen MR) is 96.4 cm³/mol. The highest BCUT2D eigenvalue weighted by Gasteiger charge is 2.26. The van der Waals surface area contributed by atoms with Gasteiger partial charge in [-0.05, 0) is 25.0 Å². The lowest BCUT2D eigenvalue weighted by molar-refractivity contribution is -0.120. The fourth-order valence-corrected chi connectivity index (χ4v) is 3.63. The van der Waals surface area contributed by atoms with Crippen molar-refractivity contribution < 1.29 is 14.3 Å². The molecule has 1 N–H and O–H groups in total. The Morgan fingerprint density at radius 1 is 1.12 bits per heavy atom. The van der Waals surface area contributed by atoms with E-state index < -0.39 is 0 Å². The maximum atomic E-state index is 12.2. The van der Waals surface area contributed by atoms with Gasteiger partial charge in [0.25, 0.3) is 0 Å². The van der Waals surface area contributed by atoms with Gasteiger partial charge in [-0.25, -0.2) is 0 Å². The number of nitrogens with one attached hydrogen (secondary N) is 1. The molecule has 2 aromatic rings. The smallest absolute Gasteiger partial charge is 0.224 e. The summed E-state index contributed by atoms with van der Waals surface area (Å²) in [6, 6.07) is 10.2. The highest BCUT2D eigenvalue weighted by molar-refractivity contribution is 5.78. The van der Waals surface area contributed by atoms with Gasteiger partial charge in [0.15, 0.2) is 0 Å². The number of benzene rings is 2. The van der Waals surface area contributed by atoms with E-state index in [2.05, 4.69) is 11.4 Å². The molecule has 2 aliphatic rings. The summed E-state index contributed by atoms with van der Waals surface area (Å²) in [5.74, 6) is 2.09. The van der Waals surface area contributed by atoms with Crippen LogP contribution in [0.2, 0.25) is 0 Å². The summed E-state index contributed by atoms with van der Waals surface area (Å²) in [5.41, 5.74) is 5.97. The van der Waals surface area contributed by atoms with E-state index in [4.69, 9.17) is 9.47 Å². The molecule has 4 nitrogen and oxygen atoms in total. The average molecular weight is 337 g/mol. The van der Waals surface area contributed by atoms with Crippen LogP contribution in [0, 0.1) is 6.92 Å². The first-order valence-corrected chi connectivity index (χ1v) is 8.96. The van der Waals surface area contributed by atoms with E-state index in [-0.39, 0.29) is 5.91 Å². The third-order valence-corrected chi connectivity index (χ3v) is 4.94. The molecule has 2 aromatic carbocycles. The largest absolute Gasteiger partial charge is 0.493 e. The van der Waals surface area contributed by atoms with Gasteiger partial charge in [-0.2, -0.15) is 0 Å². The summed E-state index contributed by atoms with van der Waals surface area (Å²) in [4.78, 5) is 12.2. The van der Waals surface area contributed by atoms with Crippen molar-refractivity contribution in [3.63, 3.8) is 0 Å². The van der Waals surface area contributed by atoms with Crippen LogP contribution in [0.4, 0.5) is 0 Å². The molecule has 0 fully saturated rings. The van der Waals surface area contributed by atoms with Crippen LogP contribution in [0.1, 0.15) is 27.8 Å². The van der Waals surface area contributed by atoms with Crippen molar-refractivity contribution in [3.05, 3.63) is 58.1 Å². The molecule has 0 radical (unpaired) electrons. The van der Waals surface area contributed by atoms with Crippen molar-refractivity contribution in [1.82, 2.24) is 5.32 Å². The fraction of sp³-hybridized carbons (Fsp3) is 0.381. The Kier molecular flexibility index (Phi) is 4.35. The monoisotopic (exact) mass is 337 g/mol. The standard InChI is InChI=1S/C21H23NO3/c1-14-2-4-15(5-3-14)12-20(23)22-9-6-18-17-8-11-24-19(17)13-16-7-10-25-21(16)18/h2-5,13H,6-12H2,1H3,(H,22,23). The SMILES string of the molecule is Cc1ccc(CC(=O)NCCc2c3c(cc4c2OCC4)OCC3)cc1. The van der Waals surface area contributed by atoms with Gasteiger partial charge in [0.2, 0.25) is 5.91 Å². The van der Waals surface area contributed by atoms with Crippen LogP contribution in [0.5, 0.6) is 11.5 Å². The maximum absolute atomic E-state index is 12.2. The van der Waals surface area contributed by atoms with Crippen molar-refractivity contribution >= 4 is 5.91 Å². The van der Waals surface area contributed by atoms with Crippen molar-refractivity contribution in [2.75, 3.05) is 19.8 Å². The molecule has 0 spiro atoms. The summed E-state index contributed by atoms with van der Waals surface area (Å²) in [7, 11) is 0. The van der Waals surface area contributed by atoms with E-state index in [1.54, 1.807) is 0 Å². The molecule has 0 saturated carbocycles. The normalized spacial score (nSPS) is 14.4. The lowest BCUT2D eigenvalue weighted by Gasteiger charge is -2.13. The van der Waals surface area contributed by atoms with Gasteiger partial charge < -0.3 is 14.8 Å². The van der Waals surface area contributed by atoms with Crippen LogP contribution in [0.25, 0.3) is 0 Å². The molecule has 1 amide bonds. The van der Waals surface area contributed by atoms with Crippen molar-refractivity contribution in [2.45, 2.75) is 32.6 Å². The average Bonchev–Trinajstić information content (AvgIpc) is 3.25. The molecule has 130 valence electrons. The third-order valence-electron chi connectivity index (χ3n) is 4.94. The number of rotatable bonds is 5. The van der Waals surface area contributed by atoms with Crippen LogP contribution in [0.3, 0.4) is 0 Å². The summed E-state index contributed by atoms with van der Waals surface area (Å²) < 4.78 is 11.6. The van der Waals surface area contributed by atoms with Crippen molar-refractivity contribution in [3.8, 4) is 11.5 Å². The van der Waals surface area contributed by atoms with Gasteiger partial charge in [-0.3, -0.25) is 4.79 Å². The number of fused-ring (bicyclic) bond motifs is 2. The Morgan fingerprint density at radius 3 is 2.76 bits per heavy atom. The Morgan fingerprint density at radius 2 is 1.92 bits per heavy atom. The first-order valence-electron chi connectivity index (χ1n) is 8.96. The molecule has 2 aliphatic heterocycles. The van der Waals surface area contributed by atoms with E-state index in [1.807, 2.05) is 31.2 Å². The number of carbonyl (C=O) groups is 1. The molecular weight excluding hydrogens is 314 g/mol. The molecule has 2 heterocycles. The molecular formula is C21H23NO3. The zero-order valence-corrected chi connectivity index (χ0v) is 14.6. The van der Waals surface area contributed by atoms with Crippen LogP contribution >= 0.6 is 0 Å². The van der Waals surface area contributed by atoms with Gasteiger partial charge in [0, 0.05) is 36.1 Å². The van der Waals surface area contributed by atoms with Crippen LogP contribution in [-0.2, 0) is 30.5 Å². The highest BCUT2D eigenvalue weighted by atomic mass is 16.5. The van der Waals surface area contributed by atoms with Crippen LogP contribution in [-0.4, -0.2) is 25.7 Å². The van der Waals surface area contributed by atoms with E-state index in [0.717, 1.165) is 49.5 Å². The molecule has 0 unspecified atom stereocenters. The Balaban J connectivity index is 1.39. The topological polar surface area (TPSA) is 47.6 Å². The maximum Gasteiger partial charge on any atom is 0.224 e. The zero-order valence-electron chi connectivity index (χ0n) is 14.6. The Bertz CT molecular complexity index is 764. The lowest BCUT2D eigenvalue weighted by Crippen LogP contribution is -2.27. The second kappa shape index (κ2) is 6.79. The fourth-order valence-electron chi connectivity index (χ4n) is 3.63. The molecule has 4 rings (SSSR count). The molecule has 0 saturated heterocycles. The number of aryl methyl sites for hydroxylation is 1. The second-order valence-electron chi connectivity index (χ2n) is 6.78. The summed E-state index contributed by atoms with van der Waals surface area (Å²) in [6.45, 7) is 4.15. The minimum absolute atomic E-state index is 0.0604. The van der Waals surface area contributed by atoms with E-state index in [1.165, 1.54) is 22.3 Å². The minimum Gasteiger partial charge on any atom is -0.493 e. The minimum atomic E-state index is 0.0604. The zero-order chi connectivity index (χ0) is 17.2. The second-order valence-corrected chi connectivity index (χ2v) is 6.78. The summed E-state index contributed by atoms with van der Waals surface area (Å²) in [6.07, 6.45) is 3.08. The number of hydrogen-bond donors (Lipinski definition) is 1. The predicted octanol–water partition coefficient (Wildman–Crippen LogP) is 2.77. The van der Waals surface area contributed by atoms with Gasteiger partial charge >= 0.3 is 0 Å². The Labute approximate surface area is 148 Å². The summed E-state index contributed by atoms with van der Waals surface area (Å²) >= 11 is 0. The first-order chi connectivity index (χ1) is 12.2. The van der Waals surface area contributed by atoms with E-state index in [0.29, 0.717) is 13.0 Å². The van der Waals surface area contributed by atoms with Crippen LogP contribution in [0.15, 0.2) is 30.3 Å². The van der Waals surface area contributed by atoms with Gasteiger partial charge in [0.05, 0.1) is 19.6 Å². The van der Waals surface area contributed by atoms with Crippen molar-refractivity contribution in [2.24, 2.45) is 0 Å². The first kappa shape index (κ1) is 16.0. The molecule has 4 heteroatoms.